The number of hydrogen-bond donors (Lipinski definition) is 3. The van der Waals surface area contributed by atoms with Crippen LogP contribution in [-0.4, -0.2) is 56.7 Å². The smallest absolute Gasteiger partial charge is 0.407 e. The average molecular weight is 624 g/mol. The number of phenolic OH excluding ortho intramolecular Hbond substituents is 1. The number of nitrogens with one attached hydrogen (secondary N) is 2. The van der Waals surface area contributed by atoms with Gasteiger partial charge in [0, 0.05) is 30.9 Å². The molecular formula is C31H32Cl2N6O4. The number of carbonyl (C=O) groups excluding carboxylic acids is 2. The van der Waals surface area contributed by atoms with Gasteiger partial charge in [0.25, 0.3) is 0 Å². The van der Waals surface area contributed by atoms with Gasteiger partial charge in [-0.15, -0.1) is 0 Å². The van der Waals surface area contributed by atoms with Crippen molar-refractivity contribution in [2.24, 2.45) is 0 Å². The molecule has 5 rings (SSSR count). The molecule has 0 bridgehead atoms. The Labute approximate surface area is 259 Å². The third-order valence-electron chi connectivity index (χ3n) is 6.89. The number of nitrogens with zero attached hydrogens (tertiary/aromatic N) is 4. The summed E-state index contributed by atoms with van der Waals surface area (Å²) in [5.41, 5.74) is 3.14. The van der Waals surface area contributed by atoms with Crippen LogP contribution >= 0.6 is 23.2 Å². The molecule has 43 heavy (non-hydrogen) atoms. The van der Waals surface area contributed by atoms with E-state index in [2.05, 4.69) is 25.5 Å². The first-order valence-electron chi connectivity index (χ1n) is 13.8. The lowest BCUT2D eigenvalue weighted by atomic mass is 10.1. The molecule has 1 aliphatic heterocycles. The van der Waals surface area contributed by atoms with E-state index in [1.807, 2.05) is 32.9 Å². The predicted octanol–water partition coefficient (Wildman–Crippen LogP) is 7.14. The van der Waals surface area contributed by atoms with E-state index in [9.17, 15) is 14.7 Å². The molecule has 0 aliphatic carbocycles. The Morgan fingerprint density at radius 1 is 1.07 bits per heavy atom. The number of ketones is 1. The van der Waals surface area contributed by atoms with Crippen LogP contribution in [0, 0.1) is 0 Å². The predicted molar refractivity (Wildman–Crippen MR) is 169 cm³/mol. The molecule has 10 nitrogen and oxygen atoms in total. The lowest BCUT2D eigenvalue weighted by molar-refractivity contribution is 0.0499. The van der Waals surface area contributed by atoms with Crippen LogP contribution in [0.3, 0.4) is 0 Å². The summed E-state index contributed by atoms with van der Waals surface area (Å²) in [6.07, 6.45) is 4.55. The second kappa shape index (κ2) is 12.2. The summed E-state index contributed by atoms with van der Waals surface area (Å²) in [6.45, 7) is 8.41. The number of amides is 1. The van der Waals surface area contributed by atoms with E-state index in [1.54, 1.807) is 30.5 Å². The molecule has 1 saturated heterocycles. The second-order valence-electron chi connectivity index (χ2n) is 11.4. The van der Waals surface area contributed by atoms with Crippen LogP contribution in [0.25, 0.3) is 22.3 Å². The zero-order chi connectivity index (χ0) is 30.9. The molecule has 0 saturated carbocycles. The van der Waals surface area contributed by atoms with Crippen LogP contribution in [0.2, 0.25) is 10.0 Å². The fourth-order valence-corrected chi connectivity index (χ4v) is 5.39. The maximum absolute atomic E-state index is 12.6. The summed E-state index contributed by atoms with van der Waals surface area (Å²) in [5.74, 6) is 0.390. The Morgan fingerprint density at radius 2 is 1.81 bits per heavy atom. The third-order valence-corrected chi connectivity index (χ3v) is 7.46. The number of alkyl carbamates (subject to hydrolysis) is 1. The highest BCUT2D eigenvalue weighted by molar-refractivity contribution is 6.37. The number of aromatic nitrogens is 3. The SMILES string of the molecule is CC(=O)c1cnc2ccc(-c3cc(Cl)c(O)c(Cl)c3)nc2c1Nc1ccc(N2CCCC(NC(=O)OC(C)(C)C)C2)nc1. The Kier molecular flexibility index (Phi) is 8.62. The first-order chi connectivity index (χ1) is 20.4. The van der Waals surface area contributed by atoms with Crippen molar-refractivity contribution in [3.05, 3.63) is 64.4 Å². The van der Waals surface area contributed by atoms with Crippen LogP contribution in [-0.2, 0) is 4.74 Å². The normalized spacial score (nSPS) is 15.3. The molecule has 3 N–H and O–H groups in total. The zero-order valence-corrected chi connectivity index (χ0v) is 25.8. The Morgan fingerprint density at radius 3 is 2.47 bits per heavy atom. The van der Waals surface area contributed by atoms with E-state index in [0.29, 0.717) is 45.8 Å². The van der Waals surface area contributed by atoms with Crippen molar-refractivity contribution >= 4 is 63.3 Å². The van der Waals surface area contributed by atoms with Gasteiger partial charge in [-0.2, -0.15) is 0 Å². The molecule has 1 aromatic carbocycles. The Bertz CT molecular complexity index is 1670. The lowest BCUT2D eigenvalue weighted by Crippen LogP contribution is -2.49. The van der Waals surface area contributed by atoms with Crippen molar-refractivity contribution < 1.29 is 19.4 Å². The van der Waals surface area contributed by atoms with Gasteiger partial charge >= 0.3 is 6.09 Å². The summed E-state index contributed by atoms with van der Waals surface area (Å²) >= 11 is 12.3. The van der Waals surface area contributed by atoms with Crippen molar-refractivity contribution in [2.75, 3.05) is 23.3 Å². The highest BCUT2D eigenvalue weighted by Crippen LogP contribution is 2.37. The first kappa shape index (κ1) is 30.3. The number of halogens is 2. The second-order valence-corrected chi connectivity index (χ2v) is 12.2. The molecule has 0 spiro atoms. The summed E-state index contributed by atoms with van der Waals surface area (Å²) in [5, 5.41) is 16.5. The number of carbonyl (C=O) groups is 2. The van der Waals surface area contributed by atoms with Crippen molar-refractivity contribution in [1.82, 2.24) is 20.3 Å². The molecule has 1 atom stereocenters. The molecule has 0 radical (unpaired) electrons. The standard InChI is InChI=1S/C31H32Cl2N6O4/c1-17(40)21-15-34-25-9-8-24(18-12-22(32)29(41)23(33)13-18)38-28(25)27(21)36-19-7-10-26(35-14-19)39-11-5-6-20(16-39)37-30(42)43-31(2,3)4/h7-10,12-15,20,41H,5-6,11,16H2,1-4H3,(H,34,36)(H,37,42). The van der Waals surface area contributed by atoms with E-state index in [1.165, 1.54) is 13.1 Å². The van der Waals surface area contributed by atoms with Gasteiger partial charge in [0.05, 0.1) is 44.4 Å². The van der Waals surface area contributed by atoms with Crippen molar-refractivity contribution in [1.29, 1.82) is 0 Å². The molecular weight excluding hydrogens is 591 g/mol. The summed E-state index contributed by atoms with van der Waals surface area (Å²) in [7, 11) is 0. The Balaban J connectivity index is 1.40. The number of piperidine rings is 1. The van der Waals surface area contributed by atoms with Crippen LogP contribution in [0.15, 0.2) is 48.8 Å². The minimum absolute atomic E-state index is 0.0527. The lowest BCUT2D eigenvalue weighted by Gasteiger charge is -2.34. The third kappa shape index (κ3) is 7.09. The van der Waals surface area contributed by atoms with Gasteiger partial charge in [0.1, 0.15) is 16.9 Å². The summed E-state index contributed by atoms with van der Waals surface area (Å²) in [6, 6.07) is 10.4. The molecule has 4 aromatic rings. The maximum atomic E-state index is 12.6. The highest BCUT2D eigenvalue weighted by Gasteiger charge is 2.25. The van der Waals surface area contributed by atoms with Gasteiger partial charge in [-0.25, -0.2) is 14.8 Å². The Hall–Kier alpha value is -4.15. The van der Waals surface area contributed by atoms with Crippen LogP contribution < -0.4 is 15.5 Å². The molecule has 1 fully saturated rings. The molecule has 1 unspecified atom stereocenters. The molecule has 224 valence electrons. The van der Waals surface area contributed by atoms with Crippen molar-refractivity contribution in [2.45, 2.75) is 52.2 Å². The first-order valence-corrected chi connectivity index (χ1v) is 14.6. The number of pyridine rings is 3. The van der Waals surface area contributed by atoms with E-state index in [4.69, 9.17) is 32.9 Å². The fraction of sp³-hybridized carbons (Fsp3) is 0.323. The minimum Gasteiger partial charge on any atom is -0.505 e. The van der Waals surface area contributed by atoms with Crippen LogP contribution in [0.5, 0.6) is 5.75 Å². The molecule has 1 aliphatic rings. The van der Waals surface area contributed by atoms with Gasteiger partial charge in [-0.3, -0.25) is 9.78 Å². The molecule has 3 aromatic heterocycles. The van der Waals surface area contributed by atoms with Gasteiger partial charge in [0.2, 0.25) is 0 Å². The minimum atomic E-state index is -0.560. The average Bonchev–Trinajstić information content (AvgIpc) is 2.95. The van der Waals surface area contributed by atoms with E-state index in [-0.39, 0.29) is 27.6 Å². The zero-order valence-electron chi connectivity index (χ0n) is 24.2. The van der Waals surface area contributed by atoms with Gasteiger partial charge in [-0.1, -0.05) is 23.2 Å². The number of rotatable bonds is 6. The largest absolute Gasteiger partial charge is 0.505 e. The fourth-order valence-electron chi connectivity index (χ4n) is 4.90. The van der Waals surface area contributed by atoms with Gasteiger partial charge in [0.15, 0.2) is 11.5 Å². The summed E-state index contributed by atoms with van der Waals surface area (Å²) < 4.78 is 5.41. The molecule has 4 heterocycles. The maximum Gasteiger partial charge on any atom is 0.407 e. The number of hydrogen-bond acceptors (Lipinski definition) is 9. The quantitative estimate of drug-likeness (QED) is 0.192. The topological polar surface area (TPSA) is 130 Å². The molecule has 1 amide bonds. The van der Waals surface area contributed by atoms with Crippen LogP contribution in [0.4, 0.5) is 22.0 Å². The van der Waals surface area contributed by atoms with Crippen molar-refractivity contribution in [3.63, 3.8) is 0 Å². The monoisotopic (exact) mass is 622 g/mol. The number of aromatic hydroxyl groups is 1. The van der Waals surface area contributed by atoms with E-state index < -0.39 is 11.7 Å². The number of Topliss-reactive ketones (excluding diaryl/α,β-unsaturated/α-hetero) is 1. The van der Waals surface area contributed by atoms with Crippen LogP contribution in [0.1, 0.15) is 50.9 Å². The van der Waals surface area contributed by atoms with Gasteiger partial charge < -0.3 is 25.4 Å². The number of benzene rings is 1. The summed E-state index contributed by atoms with van der Waals surface area (Å²) in [4.78, 5) is 40.9. The van der Waals surface area contributed by atoms with Crippen molar-refractivity contribution in [3.8, 4) is 17.0 Å². The number of anilines is 3. The molecule has 12 heteroatoms. The van der Waals surface area contributed by atoms with E-state index in [0.717, 1.165) is 25.2 Å². The number of fused-ring (bicyclic) bond motifs is 1. The number of phenols is 1. The number of ether oxygens (including phenoxy) is 1. The van der Waals surface area contributed by atoms with Gasteiger partial charge in [-0.05, 0) is 76.9 Å². The highest BCUT2D eigenvalue weighted by atomic mass is 35.5. The van der Waals surface area contributed by atoms with E-state index >= 15 is 0 Å².